The normalized spacial score (nSPS) is 24.9. The molecule has 0 bridgehead atoms. The van der Waals surface area contributed by atoms with Crippen molar-refractivity contribution in [3.05, 3.63) is 0 Å². The van der Waals surface area contributed by atoms with Gasteiger partial charge in [-0.15, -0.1) is 0 Å². The molecule has 1 aliphatic heterocycles. The van der Waals surface area contributed by atoms with Crippen molar-refractivity contribution in [2.24, 2.45) is 5.92 Å². The molecule has 2 N–H and O–H groups in total. The lowest BCUT2D eigenvalue weighted by Crippen LogP contribution is -2.54. The SMILES string of the molecule is CCC1(NC(=O)CC2CNC2)CCC1. The van der Waals surface area contributed by atoms with Gasteiger partial charge in [0, 0.05) is 12.0 Å². The lowest BCUT2D eigenvalue weighted by molar-refractivity contribution is -0.125. The molecule has 0 radical (unpaired) electrons. The molecule has 3 heteroatoms. The van der Waals surface area contributed by atoms with E-state index in [1.807, 2.05) is 0 Å². The molecule has 0 aromatic carbocycles. The van der Waals surface area contributed by atoms with Gasteiger partial charge in [-0.05, 0) is 44.7 Å². The first-order valence-electron chi connectivity index (χ1n) is 5.76. The summed E-state index contributed by atoms with van der Waals surface area (Å²) in [7, 11) is 0. The summed E-state index contributed by atoms with van der Waals surface area (Å²) in [5, 5.41) is 6.40. The third-order valence-corrected chi connectivity index (χ3v) is 3.73. The molecule has 1 saturated heterocycles. The minimum Gasteiger partial charge on any atom is -0.351 e. The summed E-state index contributed by atoms with van der Waals surface area (Å²) in [4.78, 5) is 11.7. The monoisotopic (exact) mass is 196 g/mol. The van der Waals surface area contributed by atoms with Crippen molar-refractivity contribution in [2.75, 3.05) is 13.1 Å². The summed E-state index contributed by atoms with van der Waals surface area (Å²) in [6, 6.07) is 0. The Kier molecular flexibility index (Phi) is 2.77. The van der Waals surface area contributed by atoms with Crippen molar-refractivity contribution in [3.8, 4) is 0 Å². The fourth-order valence-corrected chi connectivity index (χ4v) is 2.27. The Bertz CT molecular complexity index is 214. The van der Waals surface area contributed by atoms with E-state index in [2.05, 4.69) is 17.6 Å². The molecular weight excluding hydrogens is 176 g/mol. The molecule has 0 spiro atoms. The summed E-state index contributed by atoms with van der Waals surface area (Å²) < 4.78 is 0. The number of carbonyl (C=O) groups excluding carboxylic acids is 1. The van der Waals surface area contributed by atoms with Crippen LogP contribution in [-0.4, -0.2) is 24.5 Å². The molecule has 2 fully saturated rings. The molecule has 3 nitrogen and oxygen atoms in total. The zero-order valence-electron chi connectivity index (χ0n) is 8.94. The van der Waals surface area contributed by atoms with Gasteiger partial charge in [0.2, 0.25) is 5.91 Å². The van der Waals surface area contributed by atoms with Crippen molar-refractivity contribution in [3.63, 3.8) is 0 Å². The summed E-state index contributed by atoms with van der Waals surface area (Å²) in [5.41, 5.74) is 0.175. The second-order valence-electron chi connectivity index (χ2n) is 4.76. The van der Waals surface area contributed by atoms with Gasteiger partial charge < -0.3 is 10.6 Å². The smallest absolute Gasteiger partial charge is 0.220 e. The number of rotatable bonds is 4. The zero-order valence-corrected chi connectivity index (χ0v) is 8.94. The summed E-state index contributed by atoms with van der Waals surface area (Å²) in [6.07, 6.45) is 5.44. The lowest BCUT2D eigenvalue weighted by atomic mass is 9.74. The predicted molar refractivity (Wildman–Crippen MR) is 56.0 cm³/mol. The molecule has 0 unspecified atom stereocenters. The van der Waals surface area contributed by atoms with Crippen LogP contribution < -0.4 is 10.6 Å². The molecule has 14 heavy (non-hydrogen) atoms. The average molecular weight is 196 g/mol. The molecule has 1 aliphatic carbocycles. The van der Waals surface area contributed by atoms with Crippen LogP contribution in [0.4, 0.5) is 0 Å². The van der Waals surface area contributed by atoms with Crippen LogP contribution in [0.5, 0.6) is 0 Å². The molecule has 2 aliphatic rings. The van der Waals surface area contributed by atoms with E-state index in [0.29, 0.717) is 5.92 Å². The van der Waals surface area contributed by atoms with E-state index < -0.39 is 0 Å². The topological polar surface area (TPSA) is 41.1 Å². The predicted octanol–water partition coefficient (Wildman–Crippen LogP) is 1.04. The van der Waals surface area contributed by atoms with E-state index in [1.54, 1.807) is 0 Å². The summed E-state index contributed by atoms with van der Waals surface area (Å²) in [6.45, 7) is 4.21. The average Bonchev–Trinajstić information content (AvgIpc) is 2.04. The Morgan fingerprint density at radius 2 is 2.21 bits per heavy atom. The van der Waals surface area contributed by atoms with Crippen LogP contribution in [0.3, 0.4) is 0 Å². The van der Waals surface area contributed by atoms with Gasteiger partial charge in [-0.2, -0.15) is 0 Å². The zero-order chi connectivity index (χ0) is 10.0. The van der Waals surface area contributed by atoms with Crippen molar-refractivity contribution < 1.29 is 4.79 Å². The van der Waals surface area contributed by atoms with Crippen LogP contribution in [0.25, 0.3) is 0 Å². The number of carbonyl (C=O) groups is 1. The van der Waals surface area contributed by atoms with E-state index in [9.17, 15) is 4.79 Å². The van der Waals surface area contributed by atoms with Crippen molar-refractivity contribution in [1.29, 1.82) is 0 Å². The Hall–Kier alpha value is -0.570. The van der Waals surface area contributed by atoms with Gasteiger partial charge in [-0.1, -0.05) is 6.92 Å². The summed E-state index contributed by atoms with van der Waals surface area (Å²) >= 11 is 0. The Labute approximate surface area is 85.6 Å². The van der Waals surface area contributed by atoms with Crippen molar-refractivity contribution in [2.45, 2.75) is 44.6 Å². The van der Waals surface area contributed by atoms with Gasteiger partial charge in [0.15, 0.2) is 0 Å². The molecule has 0 atom stereocenters. The van der Waals surface area contributed by atoms with Crippen LogP contribution in [0.1, 0.15) is 39.0 Å². The maximum absolute atomic E-state index is 11.7. The first-order chi connectivity index (χ1) is 6.74. The van der Waals surface area contributed by atoms with E-state index in [0.717, 1.165) is 25.9 Å². The fourth-order valence-electron chi connectivity index (χ4n) is 2.27. The van der Waals surface area contributed by atoms with Crippen LogP contribution in [0.15, 0.2) is 0 Å². The highest BCUT2D eigenvalue weighted by molar-refractivity contribution is 5.77. The molecule has 1 heterocycles. The Morgan fingerprint density at radius 1 is 1.50 bits per heavy atom. The van der Waals surface area contributed by atoms with Crippen LogP contribution in [0.2, 0.25) is 0 Å². The highest BCUT2D eigenvalue weighted by Crippen LogP contribution is 2.34. The lowest BCUT2D eigenvalue weighted by Gasteiger charge is -2.42. The number of hydrogen-bond donors (Lipinski definition) is 2. The van der Waals surface area contributed by atoms with Crippen LogP contribution in [0, 0.1) is 5.92 Å². The highest BCUT2D eigenvalue weighted by atomic mass is 16.1. The molecular formula is C11H20N2O. The van der Waals surface area contributed by atoms with Gasteiger partial charge in [-0.25, -0.2) is 0 Å². The van der Waals surface area contributed by atoms with E-state index in [1.165, 1.54) is 19.3 Å². The quantitative estimate of drug-likeness (QED) is 0.705. The summed E-state index contributed by atoms with van der Waals surface area (Å²) in [5.74, 6) is 0.849. The second-order valence-corrected chi connectivity index (χ2v) is 4.76. The van der Waals surface area contributed by atoms with Crippen LogP contribution >= 0.6 is 0 Å². The molecule has 0 aromatic heterocycles. The maximum Gasteiger partial charge on any atom is 0.220 e. The number of hydrogen-bond acceptors (Lipinski definition) is 2. The molecule has 1 amide bonds. The number of nitrogens with one attached hydrogen (secondary N) is 2. The van der Waals surface area contributed by atoms with E-state index in [-0.39, 0.29) is 11.4 Å². The Morgan fingerprint density at radius 3 is 2.57 bits per heavy atom. The van der Waals surface area contributed by atoms with E-state index >= 15 is 0 Å². The van der Waals surface area contributed by atoms with Gasteiger partial charge >= 0.3 is 0 Å². The molecule has 0 aromatic rings. The second kappa shape index (κ2) is 3.89. The third-order valence-electron chi connectivity index (χ3n) is 3.73. The van der Waals surface area contributed by atoms with E-state index in [4.69, 9.17) is 0 Å². The fraction of sp³-hybridized carbons (Fsp3) is 0.909. The minimum absolute atomic E-state index is 0.175. The van der Waals surface area contributed by atoms with Crippen molar-refractivity contribution in [1.82, 2.24) is 10.6 Å². The maximum atomic E-state index is 11.7. The number of amides is 1. The molecule has 2 rings (SSSR count). The van der Waals surface area contributed by atoms with Gasteiger partial charge in [0.05, 0.1) is 0 Å². The molecule has 80 valence electrons. The standard InChI is InChI=1S/C11H20N2O/c1-2-11(4-3-5-11)13-10(14)6-9-7-12-8-9/h9,12H,2-8H2,1H3,(H,13,14). The van der Waals surface area contributed by atoms with Gasteiger partial charge in [-0.3, -0.25) is 4.79 Å². The first kappa shape index (κ1) is 9.97. The first-order valence-corrected chi connectivity index (χ1v) is 5.76. The van der Waals surface area contributed by atoms with Gasteiger partial charge in [0.1, 0.15) is 0 Å². The largest absolute Gasteiger partial charge is 0.351 e. The van der Waals surface area contributed by atoms with Crippen LogP contribution in [-0.2, 0) is 4.79 Å². The third kappa shape index (κ3) is 1.92. The van der Waals surface area contributed by atoms with Gasteiger partial charge in [0.25, 0.3) is 0 Å². The minimum atomic E-state index is 0.175. The molecule has 1 saturated carbocycles. The highest BCUT2D eigenvalue weighted by Gasteiger charge is 2.36. The van der Waals surface area contributed by atoms with Crippen molar-refractivity contribution >= 4 is 5.91 Å². The Balaban J connectivity index is 1.75.